The van der Waals surface area contributed by atoms with Gasteiger partial charge in [-0.3, -0.25) is 4.79 Å². The summed E-state index contributed by atoms with van der Waals surface area (Å²) in [6.07, 6.45) is 5.26. The fourth-order valence-electron chi connectivity index (χ4n) is 2.59. The van der Waals surface area contributed by atoms with Crippen molar-refractivity contribution < 1.29 is 17.6 Å². The molecule has 0 spiro atoms. The van der Waals surface area contributed by atoms with Gasteiger partial charge in [-0.1, -0.05) is 19.3 Å². The summed E-state index contributed by atoms with van der Waals surface area (Å²) < 4.78 is 38.4. The lowest BCUT2D eigenvalue weighted by molar-refractivity contribution is -0.122. The van der Waals surface area contributed by atoms with E-state index in [1.165, 1.54) is 25.6 Å². The van der Waals surface area contributed by atoms with Gasteiger partial charge in [-0.05, 0) is 37.1 Å². The number of hydrogen-bond donors (Lipinski definition) is 1. The number of carbonyl (C=O) groups is 1. The van der Waals surface area contributed by atoms with E-state index in [1.54, 1.807) is 0 Å². The molecule has 0 unspecified atom stereocenters. The molecule has 0 radical (unpaired) electrons. The molecular formula is C15H21FN2O3S. The molecule has 0 atom stereocenters. The summed E-state index contributed by atoms with van der Waals surface area (Å²) in [4.78, 5) is 12.0. The van der Waals surface area contributed by atoms with Crippen molar-refractivity contribution in [2.45, 2.75) is 43.0 Å². The first kappa shape index (κ1) is 16.9. The van der Waals surface area contributed by atoms with Crippen LogP contribution in [0.4, 0.5) is 4.39 Å². The van der Waals surface area contributed by atoms with Gasteiger partial charge in [-0.15, -0.1) is 0 Å². The molecule has 2 rings (SSSR count). The number of carbonyl (C=O) groups excluding carboxylic acids is 1. The van der Waals surface area contributed by atoms with Crippen molar-refractivity contribution in [3.8, 4) is 0 Å². The van der Waals surface area contributed by atoms with E-state index in [2.05, 4.69) is 5.32 Å². The van der Waals surface area contributed by atoms with Gasteiger partial charge in [0.2, 0.25) is 15.9 Å². The molecule has 22 heavy (non-hydrogen) atoms. The van der Waals surface area contributed by atoms with Gasteiger partial charge in [-0.2, -0.15) is 4.31 Å². The third-order valence-electron chi connectivity index (χ3n) is 3.86. The van der Waals surface area contributed by atoms with Crippen LogP contribution >= 0.6 is 0 Å². The van der Waals surface area contributed by atoms with Crippen molar-refractivity contribution in [2.24, 2.45) is 0 Å². The maximum absolute atomic E-state index is 12.9. The van der Waals surface area contributed by atoms with Crippen LogP contribution in [0.15, 0.2) is 29.2 Å². The topological polar surface area (TPSA) is 66.5 Å². The summed E-state index contributed by atoms with van der Waals surface area (Å²) in [5.41, 5.74) is 0. The molecule has 1 aromatic carbocycles. The third-order valence-corrected chi connectivity index (χ3v) is 5.68. The maximum Gasteiger partial charge on any atom is 0.243 e. The summed E-state index contributed by atoms with van der Waals surface area (Å²) in [5, 5.41) is 2.88. The Kier molecular flexibility index (Phi) is 5.52. The van der Waals surface area contributed by atoms with E-state index in [-0.39, 0.29) is 23.4 Å². The Labute approximate surface area is 130 Å². The zero-order valence-electron chi connectivity index (χ0n) is 12.6. The fraction of sp³-hybridized carbons (Fsp3) is 0.533. The first-order valence-corrected chi connectivity index (χ1v) is 8.85. The molecule has 1 saturated carbocycles. The molecule has 7 heteroatoms. The average molecular weight is 328 g/mol. The SMILES string of the molecule is CN(CC(=O)NC1CCCCC1)S(=O)(=O)c1ccc(F)cc1. The fourth-order valence-corrected chi connectivity index (χ4v) is 3.72. The molecule has 1 amide bonds. The molecule has 0 saturated heterocycles. The first-order chi connectivity index (χ1) is 10.4. The van der Waals surface area contributed by atoms with Crippen molar-refractivity contribution in [1.82, 2.24) is 9.62 Å². The molecular weight excluding hydrogens is 307 g/mol. The zero-order valence-corrected chi connectivity index (χ0v) is 13.4. The largest absolute Gasteiger partial charge is 0.352 e. The molecule has 0 bridgehead atoms. The highest BCUT2D eigenvalue weighted by Gasteiger charge is 2.24. The van der Waals surface area contributed by atoms with Crippen LogP contribution in [-0.2, 0) is 14.8 Å². The van der Waals surface area contributed by atoms with E-state index in [9.17, 15) is 17.6 Å². The average Bonchev–Trinajstić information content (AvgIpc) is 2.48. The first-order valence-electron chi connectivity index (χ1n) is 7.41. The number of amides is 1. The van der Waals surface area contributed by atoms with E-state index in [0.29, 0.717) is 0 Å². The van der Waals surface area contributed by atoms with Crippen molar-refractivity contribution in [1.29, 1.82) is 0 Å². The van der Waals surface area contributed by atoms with E-state index in [0.717, 1.165) is 42.1 Å². The number of benzene rings is 1. The summed E-state index contributed by atoms with van der Waals surface area (Å²) in [6.45, 7) is -0.240. The van der Waals surface area contributed by atoms with Gasteiger partial charge in [0.25, 0.3) is 0 Å². The molecule has 0 aromatic heterocycles. The predicted octanol–water partition coefficient (Wildman–Crippen LogP) is 1.90. The van der Waals surface area contributed by atoms with Crippen LogP contribution in [0.3, 0.4) is 0 Å². The molecule has 1 aromatic rings. The van der Waals surface area contributed by atoms with Crippen LogP contribution in [0.1, 0.15) is 32.1 Å². The lowest BCUT2D eigenvalue weighted by Gasteiger charge is -2.24. The molecule has 122 valence electrons. The minimum absolute atomic E-state index is 0.0260. The van der Waals surface area contributed by atoms with Gasteiger partial charge < -0.3 is 5.32 Å². The second-order valence-electron chi connectivity index (χ2n) is 5.62. The van der Waals surface area contributed by atoms with Gasteiger partial charge in [0, 0.05) is 13.1 Å². The van der Waals surface area contributed by atoms with Gasteiger partial charge in [0.15, 0.2) is 0 Å². The van der Waals surface area contributed by atoms with Crippen molar-refractivity contribution in [3.63, 3.8) is 0 Å². The summed E-state index contributed by atoms with van der Waals surface area (Å²) in [5.74, 6) is -0.809. The smallest absolute Gasteiger partial charge is 0.243 e. The highest BCUT2D eigenvalue weighted by atomic mass is 32.2. The normalized spacial score (nSPS) is 16.7. The number of hydrogen-bond acceptors (Lipinski definition) is 3. The zero-order chi connectivity index (χ0) is 16.2. The molecule has 1 aliphatic carbocycles. The second-order valence-corrected chi connectivity index (χ2v) is 7.66. The number of nitrogens with one attached hydrogen (secondary N) is 1. The lowest BCUT2D eigenvalue weighted by Crippen LogP contribution is -2.43. The minimum atomic E-state index is -3.79. The quantitative estimate of drug-likeness (QED) is 0.898. The Bertz CT molecular complexity index is 610. The third kappa shape index (κ3) is 4.27. The van der Waals surface area contributed by atoms with Gasteiger partial charge in [0.05, 0.1) is 11.4 Å². The number of likely N-dealkylation sites (N-methyl/N-ethyl adjacent to an activating group) is 1. The van der Waals surface area contributed by atoms with Crippen LogP contribution < -0.4 is 5.32 Å². The predicted molar refractivity (Wildman–Crippen MR) is 81.2 cm³/mol. The van der Waals surface area contributed by atoms with E-state index >= 15 is 0 Å². The summed E-state index contributed by atoms with van der Waals surface area (Å²) >= 11 is 0. The van der Waals surface area contributed by atoms with Crippen LogP contribution in [0, 0.1) is 5.82 Å². The molecule has 1 fully saturated rings. The molecule has 1 aliphatic rings. The second kappa shape index (κ2) is 7.19. The van der Waals surface area contributed by atoms with Crippen LogP contribution in [0.25, 0.3) is 0 Å². The highest BCUT2D eigenvalue weighted by molar-refractivity contribution is 7.89. The van der Waals surface area contributed by atoms with Crippen LogP contribution in [0.2, 0.25) is 0 Å². The summed E-state index contributed by atoms with van der Waals surface area (Å²) in [6, 6.07) is 4.70. The van der Waals surface area contributed by atoms with Crippen molar-refractivity contribution >= 4 is 15.9 Å². The molecule has 0 aliphatic heterocycles. The van der Waals surface area contributed by atoms with Crippen molar-refractivity contribution in [3.05, 3.63) is 30.1 Å². The van der Waals surface area contributed by atoms with Gasteiger partial charge >= 0.3 is 0 Å². The number of rotatable bonds is 5. The van der Waals surface area contributed by atoms with Gasteiger partial charge in [-0.25, -0.2) is 12.8 Å². The maximum atomic E-state index is 12.9. The lowest BCUT2D eigenvalue weighted by atomic mass is 9.95. The van der Waals surface area contributed by atoms with Crippen LogP contribution in [0.5, 0.6) is 0 Å². The minimum Gasteiger partial charge on any atom is -0.352 e. The Morgan fingerprint density at radius 3 is 2.41 bits per heavy atom. The number of sulfonamides is 1. The van der Waals surface area contributed by atoms with E-state index in [4.69, 9.17) is 0 Å². The monoisotopic (exact) mass is 328 g/mol. The van der Waals surface area contributed by atoms with E-state index < -0.39 is 15.8 Å². The highest BCUT2D eigenvalue weighted by Crippen LogP contribution is 2.18. The summed E-state index contributed by atoms with van der Waals surface area (Å²) in [7, 11) is -2.44. The number of nitrogens with zero attached hydrogens (tertiary/aromatic N) is 1. The van der Waals surface area contributed by atoms with Gasteiger partial charge in [0.1, 0.15) is 5.82 Å². The molecule has 5 nitrogen and oxygen atoms in total. The Morgan fingerprint density at radius 2 is 1.82 bits per heavy atom. The number of halogens is 1. The van der Waals surface area contributed by atoms with Crippen molar-refractivity contribution in [2.75, 3.05) is 13.6 Å². The standard InChI is InChI=1S/C15H21FN2O3S/c1-18(11-15(19)17-13-5-3-2-4-6-13)22(20,21)14-9-7-12(16)8-10-14/h7-10,13H,2-6,11H2,1H3,(H,17,19). The Hall–Kier alpha value is -1.47. The Morgan fingerprint density at radius 1 is 1.23 bits per heavy atom. The molecule has 1 N–H and O–H groups in total. The van der Waals surface area contributed by atoms with E-state index in [1.807, 2.05) is 0 Å². The Balaban J connectivity index is 1.96. The molecule has 0 heterocycles. The van der Waals surface area contributed by atoms with Crippen LogP contribution in [-0.4, -0.2) is 38.3 Å².